The van der Waals surface area contributed by atoms with Gasteiger partial charge >= 0.3 is 0 Å². The van der Waals surface area contributed by atoms with E-state index in [2.05, 4.69) is 20.6 Å². The van der Waals surface area contributed by atoms with E-state index in [1.54, 1.807) is 12.3 Å². The second kappa shape index (κ2) is 12.2. The second-order valence-electron chi connectivity index (χ2n) is 6.25. The first kappa shape index (κ1) is 24.6. The molecule has 0 fully saturated rings. The number of rotatable bonds is 8. The SMILES string of the molecule is CCNC(=NCc1ccc(CS(C)(=O)=O)cc1)NCCc1ccc(Cl)nc1.I. The molecule has 28 heavy (non-hydrogen) atoms. The van der Waals surface area contributed by atoms with Crippen molar-refractivity contribution in [2.45, 2.75) is 25.6 Å². The molecule has 2 rings (SSSR count). The number of guanidine groups is 1. The first-order chi connectivity index (χ1) is 12.9. The van der Waals surface area contributed by atoms with Crippen molar-refractivity contribution in [2.24, 2.45) is 4.99 Å². The Balaban J connectivity index is 0.00000392. The summed E-state index contributed by atoms with van der Waals surface area (Å²) in [4.78, 5) is 8.65. The van der Waals surface area contributed by atoms with Crippen LogP contribution in [0, 0.1) is 0 Å². The van der Waals surface area contributed by atoms with Crippen LogP contribution in [0.2, 0.25) is 5.15 Å². The predicted molar refractivity (Wildman–Crippen MR) is 126 cm³/mol. The van der Waals surface area contributed by atoms with Crippen molar-refractivity contribution in [3.8, 4) is 0 Å². The quantitative estimate of drug-likeness (QED) is 0.234. The maximum absolute atomic E-state index is 11.3. The number of aromatic nitrogens is 1. The number of sulfone groups is 1. The number of benzene rings is 1. The highest BCUT2D eigenvalue weighted by Gasteiger charge is 2.04. The summed E-state index contributed by atoms with van der Waals surface area (Å²) in [6.45, 7) is 4.02. The summed E-state index contributed by atoms with van der Waals surface area (Å²) in [6, 6.07) is 11.2. The monoisotopic (exact) mass is 536 g/mol. The van der Waals surface area contributed by atoms with Gasteiger partial charge in [-0.3, -0.25) is 0 Å². The molecule has 1 aromatic carbocycles. The normalized spacial score (nSPS) is 11.6. The smallest absolute Gasteiger partial charge is 0.191 e. The summed E-state index contributed by atoms with van der Waals surface area (Å²) in [6.07, 6.45) is 3.82. The van der Waals surface area contributed by atoms with E-state index in [1.807, 2.05) is 37.3 Å². The Kier molecular flexibility index (Phi) is 10.8. The van der Waals surface area contributed by atoms with Gasteiger partial charge < -0.3 is 10.6 Å². The van der Waals surface area contributed by atoms with Crippen molar-refractivity contribution in [1.82, 2.24) is 15.6 Å². The molecular formula is C19H26ClIN4O2S. The number of halogens is 2. The van der Waals surface area contributed by atoms with Crippen LogP contribution in [0.15, 0.2) is 47.6 Å². The maximum atomic E-state index is 11.3. The Bertz CT molecular complexity index is 857. The van der Waals surface area contributed by atoms with E-state index in [0.29, 0.717) is 11.7 Å². The Hall–Kier alpha value is -1.39. The Morgan fingerprint density at radius 3 is 2.29 bits per heavy atom. The average Bonchev–Trinajstić information content (AvgIpc) is 2.61. The summed E-state index contributed by atoms with van der Waals surface area (Å²) in [5.41, 5.74) is 2.91. The molecule has 0 spiro atoms. The van der Waals surface area contributed by atoms with Gasteiger partial charge in [0.1, 0.15) is 5.15 Å². The molecule has 0 saturated carbocycles. The van der Waals surface area contributed by atoms with E-state index in [-0.39, 0.29) is 29.7 Å². The van der Waals surface area contributed by atoms with Crippen LogP contribution in [0.25, 0.3) is 0 Å². The summed E-state index contributed by atoms with van der Waals surface area (Å²) >= 11 is 5.79. The van der Waals surface area contributed by atoms with Gasteiger partial charge in [-0.05, 0) is 36.1 Å². The second-order valence-corrected chi connectivity index (χ2v) is 8.78. The van der Waals surface area contributed by atoms with Crippen molar-refractivity contribution in [2.75, 3.05) is 19.3 Å². The van der Waals surface area contributed by atoms with Gasteiger partial charge in [0.2, 0.25) is 0 Å². The standard InChI is InChI=1S/C19H25ClN4O2S.HI/c1-3-21-19(22-11-10-16-8-9-18(20)23-12-16)24-13-15-4-6-17(7-5-15)14-27(2,25)26;/h4-9,12H,3,10-11,13-14H2,1-2H3,(H2,21,22,24);1H. The molecule has 0 radical (unpaired) electrons. The summed E-state index contributed by atoms with van der Waals surface area (Å²) in [7, 11) is -3.02. The molecule has 2 N–H and O–H groups in total. The van der Waals surface area contributed by atoms with Gasteiger partial charge in [0.05, 0.1) is 12.3 Å². The molecule has 9 heteroatoms. The summed E-state index contributed by atoms with van der Waals surface area (Å²) in [5.74, 6) is 0.792. The molecule has 0 aliphatic rings. The van der Waals surface area contributed by atoms with Crippen LogP contribution in [0.5, 0.6) is 0 Å². The zero-order valence-electron chi connectivity index (χ0n) is 16.0. The molecule has 0 saturated heterocycles. The molecule has 0 aliphatic heterocycles. The van der Waals surface area contributed by atoms with Crippen LogP contribution < -0.4 is 10.6 Å². The lowest BCUT2D eigenvalue weighted by Crippen LogP contribution is -2.38. The molecule has 1 heterocycles. The predicted octanol–water partition coefficient (Wildman–Crippen LogP) is 3.20. The zero-order valence-corrected chi connectivity index (χ0v) is 19.9. The molecule has 0 amide bonds. The molecule has 0 unspecified atom stereocenters. The lowest BCUT2D eigenvalue weighted by molar-refractivity contribution is 0.601. The van der Waals surface area contributed by atoms with Crippen molar-refractivity contribution in [3.63, 3.8) is 0 Å². The first-order valence-electron chi connectivity index (χ1n) is 8.74. The van der Waals surface area contributed by atoms with Gasteiger partial charge in [0.15, 0.2) is 15.8 Å². The van der Waals surface area contributed by atoms with Gasteiger partial charge in [-0.15, -0.1) is 24.0 Å². The van der Waals surface area contributed by atoms with Crippen LogP contribution in [0.3, 0.4) is 0 Å². The Labute approximate surface area is 189 Å². The Morgan fingerprint density at radius 2 is 1.71 bits per heavy atom. The van der Waals surface area contributed by atoms with E-state index in [4.69, 9.17) is 11.6 Å². The van der Waals surface area contributed by atoms with Crippen LogP contribution in [-0.4, -0.2) is 38.7 Å². The van der Waals surface area contributed by atoms with Crippen LogP contribution in [-0.2, 0) is 28.6 Å². The van der Waals surface area contributed by atoms with Crippen molar-refractivity contribution in [1.29, 1.82) is 0 Å². The van der Waals surface area contributed by atoms with Crippen molar-refractivity contribution < 1.29 is 8.42 Å². The maximum Gasteiger partial charge on any atom is 0.191 e. The third-order valence-electron chi connectivity index (χ3n) is 3.71. The van der Waals surface area contributed by atoms with E-state index in [9.17, 15) is 8.42 Å². The summed E-state index contributed by atoms with van der Waals surface area (Å²) < 4.78 is 22.7. The molecule has 2 aromatic rings. The minimum Gasteiger partial charge on any atom is -0.357 e. The lowest BCUT2D eigenvalue weighted by Gasteiger charge is -2.11. The molecule has 1 aromatic heterocycles. The van der Waals surface area contributed by atoms with Crippen LogP contribution in [0.1, 0.15) is 23.6 Å². The van der Waals surface area contributed by atoms with E-state index >= 15 is 0 Å². The van der Waals surface area contributed by atoms with Gasteiger partial charge in [-0.2, -0.15) is 0 Å². The van der Waals surface area contributed by atoms with E-state index in [1.165, 1.54) is 6.26 Å². The molecule has 154 valence electrons. The highest BCUT2D eigenvalue weighted by atomic mass is 127. The van der Waals surface area contributed by atoms with Crippen LogP contribution in [0.4, 0.5) is 0 Å². The van der Waals surface area contributed by atoms with Crippen molar-refractivity contribution in [3.05, 3.63) is 64.4 Å². The number of aliphatic imine (C=N–C) groups is 1. The Morgan fingerprint density at radius 1 is 1.07 bits per heavy atom. The van der Waals surface area contributed by atoms with Crippen LogP contribution >= 0.6 is 35.6 Å². The fourth-order valence-corrected chi connectivity index (χ4v) is 3.35. The minimum absolute atomic E-state index is 0. The van der Waals surface area contributed by atoms with Crippen molar-refractivity contribution >= 4 is 51.4 Å². The highest BCUT2D eigenvalue weighted by Crippen LogP contribution is 2.09. The number of pyridine rings is 1. The minimum atomic E-state index is -3.02. The fraction of sp³-hybridized carbons (Fsp3) is 0.368. The first-order valence-corrected chi connectivity index (χ1v) is 11.2. The lowest BCUT2D eigenvalue weighted by atomic mass is 10.1. The molecule has 0 atom stereocenters. The summed E-state index contributed by atoms with van der Waals surface area (Å²) in [5, 5.41) is 7.00. The van der Waals surface area contributed by atoms with Gasteiger partial charge in [0, 0.05) is 25.5 Å². The zero-order chi connectivity index (χ0) is 19.7. The average molecular weight is 537 g/mol. The number of hydrogen-bond acceptors (Lipinski definition) is 4. The largest absolute Gasteiger partial charge is 0.357 e. The third kappa shape index (κ3) is 9.70. The molecule has 6 nitrogen and oxygen atoms in total. The van der Waals surface area contributed by atoms with E-state index in [0.717, 1.165) is 42.2 Å². The molecular weight excluding hydrogens is 511 g/mol. The highest BCUT2D eigenvalue weighted by molar-refractivity contribution is 14.0. The fourth-order valence-electron chi connectivity index (χ4n) is 2.44. The topological polar surface area (TPSA) is 83.5 Å². The van der Waals surface area contributed by atoms with E-state index < -0.39 is 9.84 Å². The third-order valence-corrected chi connectivity index (χ3v) is 4.79. The van der Waals surface area contributed by atoms with Gasteiger partial charge in [-0.1, -0.05) is 41.9 Å². The van der Waals surface area contributed by atoms with Gasteiger partial charge in [0.25, 0.3) is 0 Å². The molecule has 0 bridgehead atoms. The number of nitrogens with one attached hydrogen (secondary N) is 2. The number of nitrogens with zero attached hydrogens (tertiary/aromatic N) is 2. The van der Waals surface area contributed by atoms with Gasteiger partial charge in [-0.25, -0.2) is 18.4 Å². The molecule has 0 aliphatic carbocycles. The number of hydrogen-bond donors (Lipinski definition) is 2.